The van der Waals surface area contributed by atoms with E-state index in [1.807, 2.05) is 0 Å². The monoisotopic (exact) mass is 355 g/mol. The van der Waals surface area contributed by atoms with Gasteiger partial charge in [0, 0.05) is 26.7 Å². The average Bonchev–Trinajstić information content (AvgIpc) is 2.88. The highest BCUT2D eigenvalue weighted by Crippen LogP contribution is 2.25. The second kappa shape index (κ2) is 9.34. The van der Waals surface area contributed by atoms with Crippen LogP contribution in [0.1, 0.15) is 0 Å². The number of carbonyl (C=O) groups is 1. The summed E-state index contributed by atoms with van der Waals surface area (Å²) in [5.41, 5.74) is 0. The molecule has 1 amide bonds. The maximum Gasteiger partial charge on any atom is 0.250 e. The number of nitrogens with one attached hydrogen (secondary N) is 3. The Kier molecular flexibility index (Phi) is 8.15. The van der Waals surface area contributed by atoms with Crippen molar-refractivity contribution in [3.63, 3.8) is 0 Å². The number of thiophene rings is 1. The molecule has 0 bridgehead atoms. The van der Waals surface area contributed by atoms with Gasteiger partial charge in [0.2, 0.25) is 5.91 Å². The Bertz CT molecular complexity index is 547. The number of carbonyl (C=O) groups excluding carboxylic acids is 1. The fourth-order valence-corrected chi connectivity index (χ4v) is 3.84. The molecule has 0 unspecified atom stereocenters. The highest BCUT2D eigenvalue weighted by molar-refractivity contribution is 7.91. The van der Waals surface area contributed by atoms with Crippen molar-refractivity contribution in [2.75, 3.05) is 39.9 Å². The molecule has 0 aromatic carbocycles. The van der Waals surface area contributed by atoms with E-state index in [-0.39, 0.29) is 10.8 Å². The zero-order valence-electron chi connectivity index (χ0n) is 11.5. The molecule has 0 aliphatic carbocycles. The molecule has 0 spiro atoms. The number of sulfonamides is 1. The van der Waals surface area contributed by atoms with Crippen molar-refractivity contribution in [3.05, 3.63) is 16.5 Å². The number of ether oxygens (including phenoxy) is 1. The van der Waals surface area contributed by atoms with Crippen LogP contribution in [0.3, 0.4) is 0 Å². The zero-order valence-corrected chi connectivity index (χ0v) is 13.9. The van der Waals surface area contributed by atoms with Gasteiger partial charge in [-0.3, -0.25) is 4.79 Å². The molecule has 10 heteroatoms. The highest BCUT2D eigenvalue weighted by Gasteiger charge is 2.17. The Morgan fingerprint density at radius 2 is 2.10 bits per heavy atom. The van der Waals surface area contributed by atoms with Crippen LogP contribution >= 0.6 is 22.9 Å². The molecule has 0 aliphatic heterocycles. The Hall–Kier alpha value is -0.710. The Labute approximate surface area is 133 Å². The quantitative estimate of drug-likeness (QED) is 0.515. The fraction of sp³-hybridized carbons (Fsp3) is 0.545. The van der Waals surface area contributed by atoms with Gasteiger partial charge in [-0.1, -0.05) is 11.6 Å². The molecule has 0 atom stereocenters. The van der Waals surface area contributed by atoms with Gasteiger partial charge in [-0.25, -0.2) is 13.1 Å². The minimum atomic E-state index is -3.69. The topological polar surface area (TPSA) is 96.5 Å². The number of hydrogen-bond donors (Lipinski definition) is 3. The van der Waals surface area contributed by atoms with E-state index in [1.54, 1.807) is 7.11 Å². The van der Waals surface area contributed by atoms with Crippen LogP contribution in [0.4, 0.5) is 0 Å². The molecule has 0 saturated carbocycles. The van der Waals surface area contributed by atoms with Crippen LogP contribution < -0.4 is 15.4 Å². The highest BCUT2D eigenvalue weighted by atomic mass is 35.5. The molecule has 0 aliphatic rings. The molecular formula is C11H18ClN3O4S2. The van der Waals surface area contributed by atoms with E-state index in [2.05, 4.69) is 15.4 Å². The van der Waals surface area contributed by atoms with Gasteiger partial charge in [0.05, 0.1) is 17.5 Å². The molecule has 0 radical (unpaired) electrons. The lowest BCUT2D eigenvalue weighted by atomic mass is 10.5. The van der Waals surface area contributed by atoms with Crippen LogP contribution in [0.25, 0.3) is 0 Å². The van der Waals surface area contributed by atoms with E-state index in [0.29, 0.717) is 30.6 Å². The lowest BCUT2D eigenvalue weighted by Crippen LogP contribution is -2.39. The van der Waals surface area contributed by atoms with Gasteiger partial charge in [-0.15, -0.1) is 11.3 Å². The molecule has 0 fully saturated rings. The SMILES string of the molecule is COCCNCCNC(=O)CNS(=O)(=O)c1ccc(Cl)s1. The van der Waals surface area contributed by atoms with Crippen LogP contribution in [0, 0.1) is 0 Å². The first-order chi connectivity index (χ1) is 9.95. The molecule has 0 saturated heterocycles. The van der Waals surface area contributed by atoms with Crippen molar-refractivity contribution >= 4 is 38.9 Å². The molecule has 120 valence electrons. The summed E-state index contributed by atoms with van der Waals surface area (Å²) in [6.07, 6.45) is 0. The van der Waals surface area contributed by atoms with E-state index < -0.39 is 15.9 Å². The third-order valence-electron chi connectivity index (χ3n) is 2.34. The van der Waals surface area contributed by atoms with Crippen LogP contribution in [0.15, 0.2) is 16.3 Å². The lowest BCUT2D eigenvalue weighted by Gasteiger charge is -2.07. The van der Waals surface area contributed by atoms with E-state index in [4.69, 9.17) is 16.3 Å². The van der Waals surface area contributed by atoms with Gasteiger partial charge in [0.1, 0.15) is 4.21 Å². The standard InChI is InChI=1S/C11H18ClN3O4S2/c1-19-7-6-13-4-5-14-10(16)8-15-21(17,18)11-3-2-9(12)20-11/h2-3,13,15H,4-8H2,1H3,(H,14,16). The largest absolute Gasteiger partial charge is 0.383 e. The number of hydrogen-bond acceptors (Lipinski definition) is 6. The normalized spacial score (nSPS) is 11.5. The maximum atomic E-state index is 11.8. The van der Waals surface area contributed by atoms with Crippen molar-refractivity contribution < 1.29 is 17.9 Å². The third-order valence-corrected chi connectivity index (χ3v) is 5.47. The first-order valence-electron chi connectivity index (χ1n) is 6.17. The minimum Gasteiger partial charge on any atom is -0.383 e. The zero-order chi connectivity index (χ0) is 15.7. The Balaban J connectivity index is 2.23. The van der Waals surface area contributed by atoms with Crippen molar-refractivity contribution in [2.45, 2.75) is 4.21 Å². The second-order valence-corrected chi connectivity index (χ2v) is 7.68. The van der Waals surface area contributed by atoms with Crippen molar-refractivity contribution in [2.24, 2.45) is 0 Å². The summed E-state index contributed by atoms with van der Waals surface area (Å²) in [4.78, 5) is 11.5. The second-order valence-electron chi connectivity index (χ2n) is 3.98. The smallest absolute Gasteiger partial charge is 0.250 e. The van der Waals surface area contributed by atoms with Gasteiger partial charge in [-0.05, 0) is 12.1 Å². The first kappa shape index (κ1) is 18.3. The summed E-state index contributed by atoms with van der Waals surface area (Å²) in [7, 11) is -2.08. The first-order valence-corrected chi connectivity index (χ1v) is 8.85. The maximum absolute atomic E-state index is 11.8. The summed E-state index contributed by atoms with van der Waals surface area (Å²) < 4.78 is 31.2. The average molecular weight is 356 g/mol. The molecule has 1 aromatic heterocycles. The van der Waals surface area contributed by atoms with Gasteiger partial charge in [0.15, 0.2) is 0 Å². The van der Waals surface area contributed by atoms with Crippen LogP contribution in [0.2, 0.25) is 4.34 Å². The molecule has 1 heterocycles. The number of halogens is 1. The van der Waals surface area contributed by atoms with E-state index in [0.717, 1.165) is 11.3 Å². The van der Waals surface area contributed by atoms with E-state index >= 15 is 0 Å². The summed E-state index contributed by atoms with van der Waals surface area (Å²) >= 11 is 6.62. The van der Waals surface area contributed by atoms with Crippen LogP contribution in [-0.2, 0) is 19.6 Å². The van der Waals surface area contributed by atoms with Gasteiger partial charge in [-0.2, -0.15) is 0 Å². The molecule has 3 N–H and O–H groups in total. The third kappa shape index (κ3) is 7.21. The molecule has 7 nitrogen and oxygen atoms in total. The summed E-state index contributed by atoms with van der Waals surface area (Å²) in [5.74, 6) is -0.394. The number of methoxy groups -OCH3 is 1. The van der Waals surface area contributed by atoms with Gasteiger partial charge in [0.25, 0.3) is 10.0 Å². The fourth-order valence-electron chi connectivity index (χ4n) is 1.33. The summed E-state index contributed by atoms with van der Waals surface area (Å²) in [6, 6.07) is 2.89. The lowest BCUT2D eigenvalue weighted by molar-refractivity contribution is -0.119. The van der Waals surface area contributed by atoms with Crippen molar-refractivity contribution in [3.8, 4) is 0 Å². The van der Waals surface area contributed by atoms with Crippen molar-refractivity contribution in [1.29, 1.82) is 0 Å². The molecule has 1 aromatic rings. The molecule has 1 rings (SSSR count). The molecular weight excluding hydrogens is 338 g/mol. The summed E-state index contributed by atoms with van der Waals surface area (Å²) in [5, 5.41) is 5.65. The van der Waals surface area contributed by atoms with E-state index in [1.165, 1.54) is 12.1 Å². The van der Waals surface area contributed by atoms with Gasteiger partial charge >= 0.3 is 0 Å². The van der Waals surface area contributed by atoms with E-state index in [9.17, 15) is 13.2 Å². The predicted molar refractivity (Wildman–Crippen MR) is 82.3 cm³/mol. The van der Waals surface area contributed by atoms with Gasteiger partial charge < -0.3 is 15.4 Å². The van der Waals surface area contributed by atoms with Crippen LogP contribution in [-0.4, -0.2) is 54.2 Å². The number of amides is 1. The van der Waals surface area contributed by atoms with Crippen molar-refractivity contribution in [1.82, 2.24) is 15.4 Å². The number of rotatable bonds is 10. The minimum absolute atomic E-state index is 0.0848. The summed E-state index contributed by atoms with van der Waals surface area (Å²) in [6.45, 7) is 1.97. The molecule has 21 heavy (non-hydrogen) atoms. The predicted octanol–water partition coefficient (Wildman–Crippen LogP) is 0.0320. The Morgan fingerprint density at radius 3 is 2.71 bits per heavy atom. The van der Waals surface area contributed by atoms with Crippen LogP contribution in [0.5, 0.6) is 0 Å². The Morgan fingerprint density at radius 1 is 1.33 bits per heavy atom.